The van der Waals surface area contributed by atoms with Crippen molar-refractivity contribution in [2.75, 3.05) is 13.1 Å². The highest BCUT2D eigenvalue weighted by Crippen LogP contribution is 2.40. The maximum Gasteiger partial charge on any atom is 0.243 e. The molecule has 0 spiro atoms. The van der Waals surface area contributed by atoms with Gasteiger partial charge in [-0.15, -0.1) is 0 Å². The molecule has 1 aliphatic rings. The molecule has 1 saturated heterocycles. The average molecular weight is 481 g/mol. The van der Waals surface area contributed by atoms with Crippen molar-refractivity contribution in [2.24, 2.45) is 4.99 Å². The molecule has 1 fully saturated rings. The quantitative estimate of drug-likeness (QED) is 0.330. The Labute approximate surface area is 207 Å². The van der Waals surface area contributed by atoms with Crippen molar-refractivity contribution in [3.8, 4) is 0 Å². The van der Waals surface area contributed by atoms with Crippen LogP contribution < -0.4 is 0 Å². The summed E-state index contributed by atoms with van der Waals surface area (Å²) in [6.07, 6.45) is 0. The van der Waals surface area contributed by atoms with E-state index in [0.717, 1.165) is 33.5 Å². The highest BCUT2D eigenvalue weighted by atomic mass is 32.2. The third-order valence-electron chi connectivity index (χ3n) is 6.54. The fourth-order valence-electron chi connectivity index (χ4n) is 4.45. The van der Waals surface area contributed by atoms with E-state index in [0.29, 0.717) is 4.90 Å². The SMILES string of the molecule is Cc1ccc(C2(N=C(c3ccccc3)c3ccccc3)CN(S(=O)(=O)c3ccc(C)cc3)C2)cc1. The van der Waals surface area contributed by atoms with E-state index in [9.17, 15) is 8.42 Å². The highest BCUT2D eigenvalue weighted by molar-refractivity contribution is 7.89. The monoisotopic (exact) mass is 480 g/mol. The van der Waals surface area contributed by atoms with Crippen LogP contribution in [0, 0.1) is 13.8 Å². The van der Waals surface area contributed by atoms with Crippen molar-refractivity contribution in [1.29, 1.82) is 0 Å². The standard InChI is InChI=1S/C30H28N2O2S/c1-23-13-17-27(18-14-23)30(21-32(22-30)35(33,34)28-19-15-24(2)16-20-28)31-29(25-9-5-3-6-10-25)26-11-7-4-8-12-26/h3-20H,21-22H2,1-2H3. The fraction of sp³-hybridized carbons (Fsp3) is 0.167. The van der Waals surface area contributed by atoms with Gasteiger partial charge >= 0.3 is 0 Å². The van der Waals surface area contributed by atoms with Crippen molar-refractivity contribution >= 4 is 15.7 Å². The predicted molar refractivity (Wildman–Crippen MR) is 141 cm³/mol. The third-order valence-corrected chi connectivity index (χ3v) is 8.35. The van der Waals surface area contributed by atoms with E-state index in [1.165, 1.54) is 4.31 Å². The Morgan fingerprint density at radius 2 is 1.14 bits per heavy atom. The normalized spacial score (nSPS) is 15.3. The van der Waals surface area contributed by atoms with Gasteiger partial charge in [-0.25, -0.2) is 8.42 Å². The van der Waals surface area contributed by atoms with Gasteiger partial charge in [-0.05, 0) is 31.5 Å². The summed E-state index contributed by atoms with van der Waals surface area (Å²) < 4.78 is 28.3. The van der Waals surface area contributed by atoms with E-state index in [4.69, 9.17) is 4.99 Å². The summed E-state index contributed by atoms with van der Waals surface area (Å²) in [6.45, 7) is 4.57. The molecule has 5 rings (SSSR count). The minimum atomic E-state index is -3.61. The predicted octanol–water partition coefficient (Wildman–Crippen LogP) is 5.74. The number of aliphatic imine (C=N–C) groups is 1. The second-order valence-corrected chi connectivity index (χ2v) is 11.1. The van der Waals surface area contributed by atoms with Crippen LogP contribution in [0.25, 0.3) is 0 Å². The lowest BCUT2D eigenvalue weighted by Gasteiger charge is -2.47. The molecule has 176 valence electrons. The second-order valence-electron chi connectivity index (χ2n) is 9.18. The number of rotatable bonds is 6. The number of hydrogen-bond acceptors (Lipinski definition) is 3. The lowest BCUT2D eigenvalue weighted by Crippen LogP contribution is -2.60. The Morgan fingerprint density at radius 1 is 0.686 bits per heavy atom. The first-order chi connectivity index (χ1) is 16.9. The van der Waals surface area contributed by atoms with Crippen molar-refractivity contribution < 1.29 is 8.42 Å². The number of sulfonamides is 1. The molecule has 1 heterocycles. The zero-order valence-electron chi connectivity index (χ0n) is 19.9. The molecule has 4 nitrogen and oxygen atoms in total. The molecule has 0 unspecified atom stereocenters. The van der Waals surface area contributed by atoms with Gasteiger partial charge in [0.15, 0.2) is 0 Å². The number of benzene rings is 4. The molecule has 0 aliphatic carbocycles. The number of hydrogen-bond donors (Lipinski definition) is 0. The molecule has 0 atom stereocenters. The zero-order valence-corrected chi connectivity index (χ0v) is 20.7. The molecule has 1 aliphatic heterocycles. The van der Waals surface area contributed by atoms with Gasteiger partial charge in [0.25, 0.3) is 0 Å². The van der Waals surface area contributed by atoms with Crippen molar-refractivity contribution in [1.82, 2.24) is 4.31 Å². The van der Waals surface area contributed by atoms with Gasteiger partial charge in [0, 0.05) is 24.2 Å². The molecule has 4 aromatic carbocycles. The van der Waals surface area contributed by atoms with Gasteiger partial charge in [-0.1, -0.05) is 108 Å². The third kappa shape index (κ3) is 4.57. The van der Waals surface area contributed by atoms with Gasteiger partial charge in [-0.3, -0.25) is 4.99 Å². The van der Waals surface area contributed by atoms with Crippen LogP contribution in [0.4, 0.5) is 0 Å². The first kappa shape index (κ1) is 23.2. The van der Waals surface area contributed by atoms with E-state index in [1.54, 1.807) is 12.1 Å². The summed E-state index contributed by atoms with van der Waals surface area (Å²) in [5.74, 6) is 0. The fourth-order valence-corrected chi connectivity index (χ4v) is 6.00. The van der Waals surface area contributed by atoms with Crippen LogP contribution in [-0.2, 0) is 15.6 Å². The molecule has 0 saturated carbocycles. The van der Waals surface area contributed by atoms with Crippen LogP contribution in [0.3, 0.4) is 0 Å². The summed E-state index contributed by atoms with van der Waals surface area (Å²) in [6, 6.07) is 35.5. The molecular weight excluding hydrogens is 452 g/mol. The van der Waals surface area contributed by atoms with Crippen LogP contribution >= 0.6 is 0 Å². The maximum atomic E-state index is 13.4. The Balaban J connectivity index is 1.60. The van der Waals surface area contributed by atoms with Gasteiger partial charge in [0.1, 0.15) is 5.54 Å². The molecule has 5 heteroatoms. The summed E-state index contributed by atoms with van der Waals surface area (Å²) >= 11 is 0. The molecular formula is C30H28N2O2S. The van der Waals surface area contributed by atoms with Gasteiger partial charge in [0.2, 0.25) is 10.0 Å². The Hall–Kier alpha value is -3.54. The summed E-state index contributed by atoms with van der Waals surface area (Å²) in [4.78, 5) is 5.65. The molecule has 0 radical (unpaired) electrons. The lowest BCUT2D eigenvalue weighted by molar-refractivity contribution is 0.161. The Kier molecular flexibility index (Phi) is 6.13. The lowest BCUT2D eigenvalue weighted by atomic mass is 9.83. The van der Waals surface area contributed by atoms with Crippen LogP contribution in [0.1, 0.15) is 27.8 Å². The van der Waals surface area contributed by atoms with E-state index in [1.807, 2.05) is 86.6 Å². The molecule has 0 aromatic heterocycles. The molecule has 35 heavy (non-hydrogen) atoms. The molecule has 0 amide bonds. The highest BCUT2D eigenvalue weighted by Gasteiger charge is 2.50. The van der Waals surface area contributed by atoms with E-state index >= 15 is 0 Å². The molecule has 4 aromatic rings. The smallest absolute Gasteiger partial charge is 0.243 e. The second kappa shape index (κ2) is 9.25. The summed E-state index contributed by atoms with van der Waals surface area (Å²) in [5.41, 5.74) is 5.40. The molecule has 0 bridgehead atoms. The van der Waals surface area contributed by atoms with Gasteiger partial charge < -0.3 is 0 Å². The van der Waals surface area contributed by atoms with Crippen molar-refractivity contribution in [3.05, 3.63) is 137 Å². The Bertz CT molecular complexity index is 1400. The van der Waals surface area contributed by atoms with Crippen LogP contribution in [0.5, 0.6) is 0 Å². The van der Waals surface area contributed by atoms with Crippen molar-refractivity contribution in [3.63, 3.8) is 0 Å². The first-order valence-corrected chi connectivity index (χ1v) is 13.2. The summed E-state index contributed by atoms with van der Waals surface area (Å²) in [7, 11) is -3.61. The summed E-state index contributed by atoms with van der Waals surface area (Å²) in [5, 5.41) is 0. The average Bonchev–Trinajstić information content (AvgIpc) is 2.85. The molecule has 0 N–H and O–H groups in total. The zero-order chi connectivity index (χ0) is 24.5. The van der Waals surface area contributed by atoms with Gasteiger partial charge in [-0.2, -0.15) is 4.31 Å². The number of nitrogens with zero attached hydrogens (tertiary/aromatic N) is 2. The number of aryl methyl sites for hydroxylation is 2. The van der Waals surface area contributed by atoms with Crippen molar-refractivity contribution in [2.45, 2.75) is 24.3 Å². The van der Waals surface area contributed by atoms with E-state index < -0.39 is 15.6 Å². The van der Waals surface area contributed by atoms with Crippen LogP contribution in [0.2, 0.25) is 0 Å². The van der Waals surface area contributed by atoms with Crippen LogP contribution in [0.15, 0.2) is 119 Å². The maximum absolute atomic E-state index is 13.4. The Morgan fingerprint density at radius 3 is 1.63 bits per heavy atom. The topological polar surface area (TPSA) is 49.7 Å². The van der Waals surface area contributed by atoms with Gasteiger partial charge in [0.05, 0.1) is 10.6 Å². The van der Waals surface area contributed by atoms with E-state index in [2.05, 4.69) is 24.3 Å². The van der Waals surface area contributed by atoms with Crippen LogP contribution in [-0.4, -0.2) is 31.5 Å². The minimum absolute atomic E-state index is 0.287. The first-order valence-electron chi connectivity index (χ1n) is 11.7. The minimum Gasteiger partial charge on any atom is -0.270 e. The van der Waals surface area contributed by atoms with E-state index in [-0.39, 0.29) is 13.1 Å². The largest absolute Gasteiger partial charge is 0.270 e.